The average molecular weight is 288 g/mol. The lowest BCUT2D eigenvalue weighted by Crippen LogP contribution is -2.17. The van der Waals surface area contributed by atoms with Gasteiger partial charge in [0.05, 0.1) is 12.6 Å². The van der Waals surface area contributed by atoms with E-state index >= 15 is 0 Å². The van der Waals surface area contributed by atoms with Gasteiger partial charge in [-0.3, -0.25) is 9.36 Å². The number of nitrogens with zero attached hydrogens (tertiary/aromatic N) is 4. The van der Waals surface area contributed by atoms with Crippen molar-refractivity contribution in [2.45, 2.75) is 44.7 Å². The summed E-state index contributed by atoms with van der Waals surface area (Å²) >= 11 is 0. The number of rotatable bonds is 6. The molecule has 0 unspecified atom stereocenters. The molecule has 112 valence electrons. The van der Waals surface area contributed by atoms with Gasteiger partial charge in [0.15, 0.2) is 0 Å². The average Bonchev–Trinajstić information content (AvgIpc) is 3.24. The van der Waals surface area contributed by atoms with Gasteiger partial charge < -0.3 is 4.74 Å². The molecule has 6 nitrogen and oxygen atoms in total. The van der Waals surface area contributed by atoms with Crippen LogP contribution in [0.15, 0.2) is 30.7 Å². The minimum atomic E-state index is -0.278. The number of carbonyl (C=O) groups is 1. The van der Waals surface area contributed by atoms with Crippen molar-refractivity contribution in [2.24, 2.45) is 0 Å². The van der Waals surface area contributed by atoms with E-state index in [1.54, 1.807) is 18.5 Å². The van der Waals surface area contributed by atoms with Crippen molar-refractivity contribution in [2.75, 3.05) is 6.61 Å². The van der Waals surface area contributed by atoms with Gasteiger partial charge in [0.25, 0.3) is 0 Å². The van der Waals surface area contributed by atoms with Crippen molar-refractivity contribution < 1.29 is 9.53 Å². The van der Waals surface area contributed by atoms with Crippen LogP contribution in [0.2, 0.25) is 0 Å². The van der Waals surface area contributed by atoms with Gasteiger partial charge in [-0.15, -0.1) is 0 Å². The molecule has 3 rings (SSSR count). The first-order valence-corrected chi connectivity index (χ1v) is 7.52. The van der Waals surface area contributed by atoms with Crippen LogP contribution < -0.4 is 0 Å². The zero-order valence-corrected chi connectivity index (χ0v) is 12.0. The molecule has 21 heavy (non-hydrogen) atoms. The molecular weight excluding hydrogens is 268 g/mol. The topological polar surface area (TPSA) is 61.9 Å². The number of ether oxygens (including phenoxy) is 1. The molecule has 0 aromatic carbocycles. The summed E-state index contributed by atoms with van der Waals surface area (Å²) in [6, 6.07) is 3.98. The number of carbonyl (C=O) groups excluding carboxylic acids is 1. The van der Waals surface area contributed by atoms with Gasteiger partial charge in [-0.2, -0.15) is 10.2 Å². The predicted octanol–water partition coefficient (Wildman–Crippen LogP) is 2.44. The highest BCUT2D eigenvalue weighted by molar-refractivity contribution is 5.87. The number of aromatic nitrogens is 4. The van der Waals surface area contributed by atoms with E-state index in [2.05, 4.69) is 10.2 Å². The fraction of sp³-hybridized carbons (Fsp3) is 0.533. The molecule has 0 bridgehead atoms. The van der Waals surface area contributed by atoms with Gasteiger partial charge in [0.1, 0.15) is 5.69 Å². The highest BCUT2D eigenvalue weighted by Crippen LogP contribution is 2.29. The monoisotopic (exact) mass is 288 g/mol. The van der Waals surface area contributed by atoms with Crippen molar-refractivity contribution in [1.82, 2.24) is 19.6 Å². The van der Waals surface area contributed by atoms with E-state index in [4.69, 9.17) is 4.74 Å². The molecule has 2 aromatic rings. The van der Waals surface area contributed by atoms with Crippen molar-refractivity contribution in [3.05, 3.63) is 36.4 Å². The first kappa shape index (κ1) is 13.9. The van der Waals surface area contributed by atoms with Crippen molar-refractivity contribution in [3.63, 3.8) is 0 Å². The maximum Gasteiger partial charge on any atom is 0.356 e. The van der Waals surface area contributed by atoms with E-state index in [-0.39, 0.29) is 5.97 Å². The van der Waals surface area contributed by atoms with E-state index in [1.165, 1.54) is 12.8 Å². The summed E-state index contributed by atoms with van der Waals surface area (Å²) in [5, 5.41) is 8.40. The lowest BCUT2D eigenvalue weighted by molar-refractivity contribution is 0.0477. The largest absolute Gasteiger partial charge is 0.461 e. The number of hydrogen-bond acceptors (Lipinski definition) is 4. The normalized spacial score (nSPS) is 15.4. The minimum absolute atomic E-state index is 0.278. The third-order valence-corrected chi connectivity index (χ3v) is 3.87. The number of hydrogen-bond donors (Lipinski definition) is 0. The Kier molecular flexibility index (Phi) is 4.33. The maximum absolute atomic E-state index is 12.1. The summed E-state index contributed by atoms with van der Waals surface area (Å²) in [4.78, 5) is 12.1. The summed E-state index contributed by atoms with van der Waals surface area (Å²) < 4.78 is 9.01. The summed E-state index contributed by atoms with van der Waals surface area (Å²) in [5.74, 6) is -0.278. The van der Waals surface area contributed by atoms with E-state index in [1.807, 2.05) is 21.6 Å². The Morgan fingerprint density at radius 3 is 2.90 bits per heavy atom. The fourth-order valence-electron chi connectivity index (χ4n) is 2.81. The number of aryl methyl sites for hydroxylation is 1. The highest BCUT2D eigenvalue weighted by Gasteiger charge is 2.23. The van der Waals surface area contributed by atoms with Gasteiger partial charge in [0, 0.05) is 31.6 Å². The van der Waals surface area contributed by atoms with Crippen LogP contribution in [0.25, 0.3) is 0 Å². The molecule has 1 aliphatic carbocycles. The Bertz CT molecular complexity index is 570. The summed E-state index contributed by atoms with van der Waals surface area (Å²) in [7, 11) is 0. The lowest BCUT2D eigenvalue weighted by atomic mass is 10.2. The first-order chi connectivity index (χ1) is 10.3. The van der Waals surface area contributed by atoms with Crippen molar-refractivity contribution >= 4 is 5.97 Å². The van der Waals surface area contributed by atoms with Gasteiger partial charge in [-0.25, -0.2) is 4.79 Å². The fourth-order valence-corrected chi connectivity index (χ4v) is 2.81. The molecule has 6 heteroatoms. The van der Waals surface area contributed by atoms with Gasteiger partial charge in [-0.1, -0.05) is 12.8 Å². The van der Waals surface area contributed by atoms with Crippen LogP contribution >= 0.6 is 0 Å². The van der Waals surface area contributed by atoms with Crippen molar-refractivity contribution in [3.8, 4) is 0 Å². The highest BCUT2D eigenvalue weighted by atomic mass is 16.5. The molecule has 0 amide bonds. The second kappa shape index (κ2) is 6.56. The Morgan fingerprint density at radius 2 is 2.14 bits per heavy atom. The Balaban J connectivity index is 1.50. The van der Waals surface area contributed by atoms with E-state index in [9.17, 15) is 4.79 Å². The number of esters is 1. The van der Waals surface area contributed by atoms with Gasteiger partial charge in [0.2, 0.25) is 0 Å². The molecule has 0 N–H and O–H groups in total. The van der Waals surface area contributed by atoms with Crippen LogP contribution in [0.5, 0.6) is 0 Å². The smallest absolute Gasteiger partial charge is 0.356 e. The van der Waals surface area contributed by atoms with E-state index in [0.29, 0.717) is 18.3 Å². The minimum Gasteiger partial charge on any atom is -0.461 e. The molecule has 0 spiro atoms. The molecule has 2 heterocycles. The van der Waals surface area contributed by atoms with E-state index < -0.39 is 0 Å². The van der Waals surface area contributed by atoms with Crippen LogP contribution in [-0.2, 0) is 11.3 Å². The second-order valence-corrected chi connectivity index (χ2v) is 5.36. The molecule has 1 fully saturated rings. The molecular formula is C15H20N4O2. The molecule has 1 aliphatic rings. The maximum atomic E-state index is 12.1. The third kappa shape index (κ3) is 3.32. The molecule has 0 saturated heterocycles. The molecule has 0 aliphatic heterocycles. The molecule has 0 atom stereocenters. The van der Waals surface area contributed by atoms with Gasteiger partial charge >= 0.3 is 5.97 Å². The van der Waals surface area contributed by atoms with Gasteiger partial charge in [-0.05, 0) is 25.0 Å². The Labute approximate surface area is 123 Å². The lowest BCUT2D eigenvalue weighted by Gasteiger charge is -2.13. The predicted molar refractivity (Wildman–Crippen MR) is 76.9 cm³/mol. The van der Waals surface area contributed by atoms with Crippen LogP contribution in [0.3, 0.4) is 0 Å². The van der Waals surface area contributed by atoms with Crippen LogP contribution in [0, 0.1) is 0 Å². The quantitative estimate of drug-likeness (QED) is 0.605. The zero-order chi connectivity index (χ0) is 14.5. The molecule has 0 radical (unpaired) electrons. The zero-order valence-electron chi connectivity index (χ0n) is 12.0. The third-order valence-electron chi connectivity index (χ3n) is 3.87. The Hall–Kier alpha value is -2.11. The van der Waals surface area contributed by atoms with Crippen molar-refractivity contribution in [1.29, 1.82) is 0 Å². The SMILES string of the molecule is O=C(OCCCn1cccn1)c1ccnn1C1CCCC1. The molecule has 1 saturated carbocycles. The first-order valence-electron chi connectivity index (χ1n) is 7.52. The Morgan fingerprint density at radius 1 is 1.29 bits per heavy atom. The van der Waals surface area contributed by atoms with E-state index in [0.717, 1.165) is 25.8 Å². The standard InChI is InChI=1S/C15H20N4O2/c20-15(21-12-4-11-18-10-3-8-16-18)14-7-9-17-19(14)13-5-1-2-6-13/h3,7-10,13H,1-2,4-6,11-12H2. The molecule has 2 aromatic heterocycles. The summed E-state index contributed by atoms with van der Waals surface area (Å²) in [5.41, 5.74) is 0.570. The summed E-state index contributed by atoms with van der Waals surface area (Å²) in [6.45, 7) is 1.15. The van der Waals surface area contributed by atoms with Crippen LogP contribution in [0.4, 0.5) is 0 Å². The second-order valence-electron chi connectivity index (χ2n) is 5.36. The van der Waals surface area contributed by atoms with Crippen LogP contribution in [-0.4, -0.2) is 32.1 Å². The summed E-state index contributed by atoms with van der Waals surface area (Å²) in [6.07, 6.45) is 10.7. The van der Waals surface area contributed by atoms with Crippen LogP contribution in [0.1, 0.15) is 48.6 Å².